The van der Waals surface area contributed by atoms with Gasteiger partial charge in [0.2, 0.25) is 0 Å². The van der Waals surface area contributed by atoms with E-state index in [-0.39, 0.29) is 5.82 Å². The summed E-state index contributed by atoms with van der Waals surface area (Å²) >= 11 is 5.28. The monoisotopic (exact) mass is 285 g/mol. The van der Waals surface area contributed by atoms with Gasteiger partial charge in [-0.3, -0.25) is 9.67 Å². The van der Waals surface area contributed by atoms with Crippen LogP contribution in [0.5, 0.6) is 0 Å². The first-order valence-corrected chi connectivity index (χ1v) is 6.61. The largest absolute Gasteiger partial charge is 0.272 e. The van der Waals surface area contributed by atoms with Crippen molar-refractivity contribution < 1.29 is 4.39 Å². The number of aromatic amines is 1. The van der Waals surface area contributed by atoms with Crippen LogP contribution in [0.15, 0.2) is 54.6 Å². The Kier molecular flexibility index (Phi) is 3.43. The van der Waals surface area contributed by atoms with Crippen molar-refractivity contribution in [1.29, 1.82) is 0 Å². The quantitative estimate of drug-likeness (QED) is 0.745. The molecule has 0 bridgehead atoms. The van der Waals surface area contributed by atoms with E-state index in [2.05, 4.69) is 10.2 Å². The van der Waals surface area contributed by atoms with Gasteiger partial charge in [-0.2, -0.15) is 5.10 Å². The lowest BCUT2D eigenvalue weighted by Gasteiger charge is -2.06. The highest BCUT2D eigenvalue weighted by molar-refractivity contribution is 7.71. The highest BCUT2D eigenvalue weighted by Gasteiger charge is 2.08. The minimum absolute atomic E-state index is 0.240. The number of hydrogen-bond acceptors (Lipinski definition) is 2. The molecule has 0 spiro atoms. The molecule has 0 fully saturated rings. The number of H-pyrrole nitrogens is 1. The van der Waals surface area contributed by atoms with Crippen molar-refractivity contribution in [2.75, 3.05) is 0 Å². The molecular formula is C15H12FN3S. The molecule has 0 aliphatic rings. The topological polar surface area (TPSA) is 33.6 Å². The fraction of sp³-hybridized carbons (Fsp3) is 0.0667. The van der Waals surface area contributed by atoms with Crippen molar-refractivity contribution >= 4 is 12.2 Å². The molecular weight excluding hydrogens is 273 g/mol. The number of rotatable bonds is 3. The molecule has 0 saturated heterocycles. The molecule has 5 heteroatoms. The Labute approximate surface area is 120 Å². The Morgan fingerprint density at radius 1 is 1.05 bits per heavy atom. The van der Waals surface area contributed by atoms with Crippen LogP contribution in [-0.4, -0.2) is 14.8 Å². The average Bonchev–Trinajstić information content (AvgIpc) is 2.83. The molecule has 2 aromatic carbocycles. The number of nitrogens with one attached hydrogen (secondary N) is 1. The number of aromatic nitrogens is 3. The Bertz CT molecular complexity index is 760. The predicted octanol–water partition coefficient (Wildman–Crippen LogP) is 3.66. The van der Waals surface area contributed by atoms with Crippen molar-refractivity contribution in [1.82, 2.24) is 14.8 Å². The highest BCUT2D eigenvalue weighted by atomic mass is 32.1. The van der Waals surface area contributed by atoms with Gasteiger partial charge in [0.25, 0.3) is 0 Å². The lowest BCUT2D eigenvalue weighted by Crippen LogP contribution is -2.02. The molecule has 1 N–H and O–H groups in total. The summed E-state index contributed by atoms with van der Waals surface area (Å²) in [5.74, 6) is 0.559. The fourth-order valence-corrected chi connectivity index (χ4v) is 2.33. The van der Waals surface area contributed by atoms with Gasteiger partial charge in [0.15, 0.2) is 4.77 Å². The molecule has 3 nitrogen and oxygen atoms in total. The molecule has 1 heterocycles. The van der Waals surface area contributed by atoms with E-state index < -0.39 is 0 Å². The minimum atomic E-state index is -0.240. The van der Waals surface area contributed by atoms with Crippen molar-refractivity contribution in [2.24, 2.45) is 0 Å². The molecule has 20 heavy (non-hydrogen) atoms. The van der Waals surface area contributed by atoms with Crippen molar-refractivity contribution in [3.05, 3.63) is 76.6 Å². The van der Waals surface area contributed by atoms with Gasteiger partial charge in [-0.25, -0.2) is 4.39 Å². The third kappa shape index (κ3) is 2.53. The van der Waals surface area contributed by atoms with Crippen LogP contribution < -0.4 is 0 Å². The van der Waals surface area contributed by atoms with E-state index in [1.54, 1.807) is 12.1 Å². The van der Waals surface area contributed by atoms with Crippen LogP contribution in [0.1, 0.15) is 11.4 Å². The second-order valence-corrected chi connectivity index (χ2v) is 4.81. The van der Waals surface area contributed by atoms with Crippen molar-refractivity contribution in [2.45, 2.75) is 6.42 Å². The van der Waals surface area contributed by atoms with Crippen molar-refractivity contribution in [3.8, 4) is 5.69 Å². The fourth-order valence-electron chi connectivity index (χ4n) is 2.08. The first kappa shape index (κ1) is 12.7. The second-order valence-electron chi connectivity index (χ2n) is 4.42. The molecule has 1 aromatic heterocycles. The van der Waals surface area contributed by atoms with Gasteiger partial charge in [-0.05, 0) is 42.0 Å². The molecule has 0 aliphatic heterocycles. The summed E-state index contributed by atoms with van der Waals surface area (Å²) in [6.07, 6.45) is 0.586. The van der Waals surface area contributed by atoms with Crippen LogP contribution in [0.3, 0.4) is 0 Å². The zero-order valence-electron chi connectivity index (χ0n) is 10.6. The zero-order chi connectivity index (χ0) is 13.9. The van der Waals surface area contributed by atoms with E-state index in [9.17, 15) is 4.39 Å². The van der Waals surface area contributed by atoms with Gasteiger partial charge in [-0.1, -0.05) is 30.3 Å². The number of halogens is 1. The third-order valence-electron chi connectivity index (χ3n) is 3.03. The molecule has 100 valence electrons. The summed E-state index contributed by atoms with van der Waals surface area (Å²) in [6.45, 7) is 0. The number of benzene rings is 2. The Hall–Kier alpha value is -2.27. The standard InChI is InChI=1S/C15H12FN3S/c16-12-8-6-11(7-9-12)10-14-17-18-15(20)19(14)13-4-2-1-3-5-13/h1-9H,10H2,(H,18,20). The molecule has 0 radical (unpaired) electrons. The summed E-state index contributed by atoms with van der Waals surface area (Å²) in [6, 6.07) is 16.2. The van der Waals surface area contributed by atoms with Crippen molar-refractivity contribution in [3.63, 3.8) is 0 Å². The van der Waals surface area contributed by atoms with E-state index in [1.165, 1.54) is 12.1 Å². The maximum absolute atomic E-state index is 12.9. The minimum Gasteiger partial charge on any atom is -0.272 e. The van der Waals surface area contributed by atoms with E-state index in [1.807, 2.05) is 34.9 Å². The van der Waals surface area contributed by atoms with E-state index in [0.717, 1.165) is 17.1 Å². The van der Waals surface area contributed by atoms with Crippen LogP contribution in [0.2, 0.25) is 0 Å². The van der Waals surface area contributed by atoms with Gasteiger partial charge in [0.05, 0.1) is 0 Å². The van der Waals surface area contributed by atoms with Gasteiger partial charge in [0.1, 0.15) is 11.6 Å². The zero-order valence-corrected chi connectivity index (χ0v) is 11.4. The van der Waals surface area contributed by atoms with Gasteiger partial charge >= 0.3 is 0 Å². The summed E-state index contributed by atoms with van der Waals surface area (Å²) in [5, 5.41) is 7.07. The first-order valence-electron chi connectivity index (χ1n) is 6.20. The Morgan fingerprint density at radius 2 is 1.75 bits per heavy atom. The molecule has 0 atom stereocenters. The van der Waals surface area contributed by atoms with E-state index >= 15 is 0 Å². The van der Waals surface area contributed by atoms with Crippen LogP contribution in [0, 0.1) is 10.6 Å². The predicted molar refractivity (Wildman–Crippen MR) is 78.0 cm³/mol. The van der Waals surface area contributed by atoms with Crippen LogP contribution >= 0.6 is 12.2 Å². The van der Waals surface area contributed by atoms with Gasteiger partial charge in [-0.15, -0.1) is 0 Å². The summed E-state index contributed by atoms with van der Waals surface area (Å²) < 4.78 is 15.4. The summed E-state index contributed by atoms with van der Waals surface area (Å²) in [7, 11) is 0. The SMILES string of the molecule is Fc1ccc(Cc2n[nH]c(=S)n2-c2ccccc2)cc1. The van der Waals surface area contributed by atoms with Crippen LogP contribution in [-0.2, 0) is 6.42 Å². The van der Waals surface area contributed by atoms with E-state index in [4.69, 9.17) is 12.2 Å². The normalized spacial score (nSPS) is 10.7. The smallest absolute Gasteiger partial charge is 0.199 e. The number of nitrogens with zero attached hydrogens (tertiary/aromatic N) is 2. The van der Waals surface area contributed by atoms with Gasteiger partial charge < -0.3 is 0 Å². The third-order valence-corrected chi connectivity index (χ3v) is 3.31. The molecule has 3 aromatic rings. The first-order chi connectivity index (χ1) is 9.74. The summed E-state index contributed by atoms with van der Waals surface area (Å²) in [5.41, 5.74) is 1.95. The lowest BCUT2D eigenvalue weighted by atomic mass is 10.1. The van der Waals surface area contributed by atoms with Gasteiger partial charge in [0, 0.05) is 12.1 Å². The summed E-state index contributed by atoms with van der Waals surface area (Å²) in [4.78, 5) is 0. The van der Waals surface area contributed by atoms with E-state index in [0.29, 0.717) is 11.2 Å². The average molecular weight is 285 g/mol. The van der Waals surface area contributed by atoms with Crippen LogP contribution in [0.25, 0.3) is 5.69 Å². The lowest BCUT2D eigenvalue weighted by molar-refractivity contribution is 0.627. The molecule has 0 amide bonds. The molecule has 3 rings (SSSR count). The maximum Gasteiger partial charge on any atom is 0.199 e. The molecule has 0 unspecified atom stereocenters. The molecule has 0 aliphatic carbocycles. The second kappa shape index (κ2) is 5.38. The highest BCUT2D eigenvalue weighted by Crippen LogP contribution is 2.14. The number of para-hydroxylation sites is 1. The Morgan fingerprint density at radius 3 is 2.45 bits per heavy atom. The maximum atomic E-state index is 12.9. The molecule has 0 saturated carbocycles. The Balaban J connectivity index is 1.99. The van der Waals surface area contributed by atoms with Crippen LogP contribution in [0.4, 0.5) is 4.39 Å². The number of hydrogen-bond donors (Lipinski definition) is 1.